The highest BCUT2D eigenvalue weighted by molar-refractivity contribution is 6.31. The summed E-state index contributed by atoms with van der Waals surface area (Å²) in [5, 5.41) is 4.18. The standard InChI is InChI=1S/C17H28ClN3/c1-12(2)9-19-10-16-15(18)5-6-17(20-16)21-8-7-14(11-21)13(3)4/h5-6,12-14,19H,7-11H2,1-4H3. The van der Waals surface area contributed by atoms with Crippen LogP contribution in [0.3, 0.4) is 0 Å². The molecule has 1 saturated heterocycles. The summed E-state index contributed by atoms with van der Waals surface area (Å²) in [6.07, 6.45) is 1.27. The first-order valence-corrected chi connectivity index (χ1v) is 8.46. The molecule has 1 unspecified atom stereocenters. The average molecular weight is 310 g/mol. The van der Waals surface area contributed by atoms with Gasteiger partial charge in [0, 0.05) is 19.6 Å². The number of halogens is 1. The van der Waals surface area contributed by atoms with Crippen molar-refractivity contribution < 1.29 is 0 Å². The molecule has 0 aromatic carbocycles. The van der Waals surface area contributed by atoms with Crippen LogP contribution in [0.25, 0.3) is 0 Å². The minimum Gasteiger partial charge on any atom is -0.356 e. The van der Waals surface area contributed by atoms with E-state index >= 15 is 0 Å². The number of nitrogens with zero attached hydrogens (tertiary/aromatic N) is 2. The summed E-state index contributed by atoms with van der Waals surface area (Å²) in [4.78, 5) is 7.17. The molecule has 0 spiro atoms. The zero-order valence-electron chi connectivity index (χ0n) is 13.7. The summed E-state index contributed by atoms with van der Waals surface area (Å²) in [6, 6.07) is 4.04. The van der Waals surface area contributed by atoms with Gasteiger partial charge in [0.15, 0.2) is 0 Å². The molecule has 0 saturated carbocycles. The molecular weight excluding hydrogens is 282 g/mol. The molecule has 1 fully saturated rings. The largest absolute Gasteiger partial charge is 0.356 e. The lowest BCUT2D eigenvalue weighted by atomic mass is 9.95. The molecule has 1 N–H and O–H groups in total. The van der Waals surface area contributed by atoms with Gasteiger partial charge in [-0.25, -0.2) is 4.98 Å². The van der Waals surface area contributed by atoms with Crippen molar-refractivity contribution in [1.82, 2.24) is 10.3 Å². The van der Waals surface area contributed by atoms with Crippen LogP contribution in [-0.4, -0.2) is 24.6 Å². The van der Waals surface area contributed by atoms with Crippen LogP contribution in [0.2, 0.25) is 5.02 Å². The number of nitrogens with one attached hydrogen (secondary N) is 1. The quantitative estimate of drug-likeness (QED) is 0.862. The Balaban J connectivity index is 2.01. The first-order chi connectivity index (χ1) is 9.97. The molecule has 1 aliphatic heterocycles. The van der Waals surface area contributed by atoms with Crippen LogP contribution in [0.1, 0.15) is 39.8 Å². The average Bonchev–Trinajstić information content (AvgIpc) is 2.90. The van der Waals surface area contributed by atoms with Crippen molar-refractivity contribution in [3.8, 4) is 0 Å². The highest BCUT2D eigenvalue weighted by Crippen LogP contribution is 2.28. The molecular formula is C17H28ClN3. The van der Waals surface area contributed by atoms with Crippen LogP contribution in [-0.2, 0) is 6.54 Å². The predicted octanol–water partition coefficient (Wildman–Crippen LogP) is 3.96. The fourth-order valence-corrected chi connectivity index (χ4v) is 2.96. The lowest BCUT2D eigenvalue weighted by Crippen LogP contribution is -2.24. The van der Waals surface area contributed by atoms with Crippen molar-refractivity contribution >= 4 is 17.4 Å². The summed E-state index contributed by atoms with van der Waals surface area (Å²) in [7, 11) is 0. The third kappa shape index (κ3) is 4.58. The van der Waals surface area contributed by atoms with Crippen molar-refractivity contribution in [3.05, 3.63) is 22.8 Å². The number of anilines is 1. The van der Waals surface area contributed by atoms with Crippen molar-refractivity contribution in [3.63, 3.8) is 0 Å². The number of hydrogen-bond donors (Lipinski definition) is 1. The van der Waals surface area contributed by atoms with E-state index in [0.29, 0.717) is 5.92 Å². The van der Waals surface area contributed by atoms with E-state index < -0.39 is 0 Å². The molecule has 1 aliphatic rings. The van der Waals surface area contributed by atoms with Gasteiger partial charge in [-0.3, -0.25) is 0 Å². The van der Waals surface area contributed by atoms with E-state index in [0.717, 1.165) is 54.5 Å². The van der Waals surface area contributed by atoms with Gasteiger partial charge >= 0.3 is 0 Å². The molecule has 118 valence electrons. The molecule has 2 heterocycles. The minimum atomic E-state index is 0.636. The molecule has 1 atom stereocenters. The molecule has 0 bridgehead atoms. The molecule has 1 aromatic rings. The fourth-order valence-electron chi connectivity index (χ4n) is 2.79. The molecule has 0 aliphatic carbocycles. The third-order valence-electron chi connectivity index (χ3n) is 4.24. The molecule has 4 heteroatoms. The van der Waals surface area contributed by atoms with Crippen LogP contribution in [0, 0.1) is 17.8 Å². The van der Waals surface area contributed by atoms with Crippen molar-refractivity contribution in [2.75, 3.05) is 24.5 Å². The summed E-state index contributed by atoms with van der Waals surface area (Å²) in [5.41, 5.74) is 0.961. The van der Waals surface area contributed by atoms with Crippen molar-refractivity contribution in [2.45, 2.75) is 40.7 Å². The number of pyridine rings is 1. The van der Waals surface area contributed by atoms with E-state index in [-0.39, 0.29) is 0 Å². The van der Waals surface area contributed by atoms with Gasteiger partial charge in [0.2, 0.25) is 0 Å². The molecule has 21 heavy (non-hydrogen) atoms. The van der Waals surface area contributed by atoms with Crippen LogP contribution >= 0.6 is 11.6 Å². The second-order valence-electron chi connectivity index (χ2n) is 6.86. The van der Waals surface area contributed by atoms with Gasteiger partial charge < -0.3 is 10.2 Å². The maximum atomic E-state index is 6.28. The Labute approximate surface area is 134 Å². The number of hydrogen-bond acceptors (Lipinski definition) is 3. The van der Waals surface area contributed by atoms with Gasteiger partial charge in [-0.1, -0.05) is 39.3 Å². The number of aromatic nitrogens is 1. The topological polar surface area (TPSA) is 28.2 Å². The smallest absolute Gasteiger partial charge is 0.128 e. The fraction of sp³-hybridized carbons (Fsp3) is 0.706. The Hall–Kier alpha value is -0.800. The lowest BCUT2D eigenvalue weighted by molar-refractivity contribution is 0.422. The van der Waals surface area contributed by atoms with Gasteiger partial charge in [0.25, 0.3) is 0 Å². The van der Waals surface area contributed by atoms with E-state index in [4.69, 9.17) is 16.6 Å². The van der Waals surface area contributed by atoms with E-state index in [9.17, 15) is 0 Å². The molecule has 2 rings (SSSR count). The van der Waals surface area contributed by atoms with Gasteiger partial charge in [0.1, 0.15) is 5.82 Å². The second-order valence-corrected chi connectivity index (χ2v) is 7.27. The Morgan fingerprint density at radius 2 is 2.10 bits per heavy atom. The predicted molar refractivity (Wildman–Crippen MR) is 90.9 cm³/mol. The zero-order valence-corrected chi connectivity index (χ0v) is 14.5. The first kappa shape index (κ1) is 16.6. The molecule has 3 nitrogen and oxygen atoms in total. The Bertz CT molecular complexity index is 459. The van der Waals surface area contributed by atoms with Gasteiger partial charge in [0.05, 0.1) is 10.7 Å². The molecule has 0 radical (unpaired) electrons. The normalized spacial score (nSPS) is 19.0. The Morgan fingerprint density at radius 3 is 2.71 bits per heavy atom. The summed E-state index contributed by atoms with van der Waals surface area (Å²) in [6.45, 7) is 13.0. The van der Waals surface area contributed by atoms with Crippen LogP contribution in [0.4, 0.5) is 5.82 Å². The van der Waals surface area contributed by atoms with E-state index in [2.05, 4.69) is 44.0 Å². The van der Waals surface area contributed by atoms with Gasteiger partial charge in [-0.15, -0.1) is 0 Å². The van der Waals surface area contributed by atoms with Crippen molar-refractivity contribution in [2.24, 2.45) is 17.8 Å². The van der Waals surface area contributed by atoms with E-state index in [1.165, 1.54) is 6.42 Å². The van der Waals surface area contributed by atoms with Crippen LogP contribution < -0.4 is 10.2 Å². The van der Waals surface area contributed by atoms with Crippen LogP contribution in [0.15, 0.2) is 12.1 Å². The highest BCUT2D eigenvalue weighted by atomic mass is 35.5. The second kappa shape index (κ2) is 7.46. The lowest BCUT2D eigenvalue weighted by Gasteiger charge is -2.20. The zero-order chi connectivity index (χ0) is 15.4. The molecule has 1 aromatic heterocycles. The maximum Gasteiger partial charge on any atom is 0.128 e. The molecule has 0 amide bonds. The van der Waals surface area contributed by atoms with Crippen molar-refractivity contribution in [1.29, 1.82) is 0 Å². The van der Waals surface area contributed by atoms with Crippen LogP contribution in [0.5, 0.6) is 0 Å². The number of rotatable bonds is 6. The minimum absolute atomic E-state index is 0.636. The van der Waals surface area contributed by atoms with Gasteiger partial charge in [-0.2, -0.15) is 0 Å². The van der Waals surface area contributed by atoms with E-state index in [1.54, 1.807) is 0 Å². The van der Waals surface area contributed by atoms with E-state index in [1.807, 2.05) is 6.07 Å². The summed E-state index contributed by atoms with van der Waals surface area (Å²) >= 11 is 6.28. The monoisotopic (exact) mass is 309 g/mol. The maximum absolute atomic E-state index is 6.28. The third-order valence-corrected chi connectivity index (χ3v) is 4.58. The van der Waals surface area contributed by atoms with Gasteiger partial charge in [-0.05, 0) is 42.9 Å². The SMILES string of the molecule is CC(C)CNCc1nc(N2CCC(C(C)C)C2)ccc1Cl. The Kier molecular flexibility index (Phi) is 5.88. The highest BCUT2D eigenvalue weighted by Gasteiger charge is 2.25. The summed E-state index contributed by atoms with van der Waals surface area (Å²) < 4.78 is 0. The Morgan fingerprint density at radius 1 is 1.33 bits per heavy atom. The summed E-state index contributed by atoms with van der Waals surface area (Å²) in [5.74, 6) is 3.24. The first-order valence-electron chi connectivity index (χ1n) is 8.08.